The lowest BCUT2D eigenvalue weighted by molar-refractivity contribution is -0.120. The molecule has 0 saturated carbocycles. The third kappa shape index (κ3) is 2.98. The van der Waals surface area contributed by atoms with E-state index in [1.165, 1.54) is 23.4 Å². The van der Waals surface area contributed by atoms with Crippen LogP contribution in [0.15, 0.2) is 0 Å². The van der Waals surface area contributed by atoms with Crippen LogP contribution in [0.4, 0.5) is 5.13 Å². The number of anilines is 1. The zero-order valence-electron chi connectivity index (χ0n) is 11.4. The lowest BCUT2D eigenvalue weighted by atomic mass is 9.92. The smallest absolute Gasteiger partial charge is 0.229 e. The van der Waals surface area contributed by atoms with Crippen molar-refractivity contribution in [1.29, 1.82) is 0 Å². The maximum Gasteiger partial charge on any atom is 0.229 e. The van der Waals surface area contributed by atoms with E-state index in [-0.39, 0.29) is 11.8 Å². The number of aromatic nitrogens is 1. The predicted octanol–water partition coefficient (Wildman–Crippen LogP) is 2.35. The second kappa shape index (κ2) is 5.59. The summed E-state index contributed by atoms with van der Waals surface area (Å²) in [6.07, 6.45) is 6.56. The predicted molar refractivity (Wildman–Crippen MR) is 77.6 cm³/mol. The van der Waals surface area contributed by atoms with Crippen LogP contribution in [0.2, 0.25) is 0 Å². The van der Waals surface area contributed by atoms with Gasteiger partial charge in [-0.2, -0.15) is 0 Å². The number of nitrogens with one attached hydrogen (secondary N) is 2. The van der Waals surface area contributed by atoms with Crippen LogP contribution >= 0.6 is 11.3 Å². The summed E-state index contributed by atoms with van der Waals surface area (Å²) in [7, 11) is 0. The van der Waals surface area contributed by atoms with Gasteiger partial charge in [0.15, 0.2) is 5.13 Å². The molecule has 1 aliphatic heterocycles. The second-order valence-corrected chi connectivity index (χ2v) is 6.75. The van der Waals surface area contributed by atoms with Gasteiger partial charge in [0.2, 0.25) is 5.91 Å². The number of rotatable bonds is 2. The summed E-state index contributed by atoms with van der Waals surface area (Å²) in [5, 5.41) is 7.22. The van der Waals surface area contributed by atoms with Gasteiger partial charge in [-0.1, -0.05) is 0 Å². The molecule has 4 nitrogen and oxygen atoms in total. The van der Waals surface area contributed by atoms with Crippen molar-refractivity contribution in [2.24, 2.45) is 5.92 Å². The first kappa shape index (κ1) is 13.1. The largest absolute Gasteiger partial charge is 0.314 e. The molecule has 2 N–H and O–H groups in total. The number of carbonyl (C=O) groups excluding carboxylic acids is 1. The monoisotopic (exact) mass is 279 g/mol. The average molecular weight is 279 g/mol. The molecule has 0 bridgehead atoms. The highest BCUT2D eigenvalue weighted by atomic mass is 32.1. The molecule has 1 aromatic rings. The van der Waals surface area contributed by atoms with Crippen molar-refractivity contribution in [2.45, 2.75) is 51.5 Å². The van der Waals surface area contributed by atoms with Crippen LogP contribution in [0.25, 0.3) is 0 Å². The lowest BCUT2D eigenvalue weighted by Gasteiger charge is -2.26. The minimum Gasteiger partial charge on any atom is -0.314 e. The standard InChI is InChI=1S/C14H21N3OS/c1-9-8-10(6-7-15-9)13(18)17-14-16-11-4-2-3-5-12(11)19-14/h9-10,15H,2-8H2,1H3,(H,16,17,18). The molecule has 3 rings (SSSR count). The molecule has 1 amide bonds. The number of amides is 1. The Hall–Kier alpha value is -0.940. The SMILES string of the molecule is CC1CC(C(=O)Nc2nc3c(s2)CCCC3)CCN1. The minimum absolute atomic E-state index is 0.136. The van der Waals surface area contributed by atoms with Crippen LogP contribution in [0.3, 0.4) is 0 Å². The Bertz CT molecular complexity index is 448. The summed E-state index contributed by atoms with van der Waals surface area (Å²) in [5.41, 5.74) is 1.21. The molecule has 1 fully saturated rings. The third-order valence-corrected chi connectivity index (χ3v) is 5.14. The van der Waals surface area contributed by atoms with E-state index >= 15 is 0 Å². The summed E-state index contributed by atoms with van der Waals surface area (Å²) in [4.78, 5) is 18.2. The molecule has 1 aliphatic carbocycles. The summed E-state index contributed by atoms with van der Waals surface area (Å²) < 4.78 is 0. The van der Waals surface area contributed by atoms with Crippen LogP contribution in [0.5, 0.6) is 0 Å². The molecule has 0 spiro atoms. The van der Waals surface area contributed by atoms with Crippen molar-refractivity contribution in [3.8, 4) is 0 Å². The highest BCUT2D eigenvalue weighted by molar-refractivity contribution is 7.15. The first-order chi connectivity index (χ1) is 9.22. The first-order valence-corrected chi connectivity index (χ1v) is 8.07. The number of nitrogens with zero attached hydrogens (tertiary/aromatic N) is 1. The molecule has 1 saturated heterocycles. The van der Waals surface area contributed by atoms with Crippen LogP contribution in [-0.4, -0.2) is 23.5 Å². The normalized spacial score (nSPS) is 26.8. The zero-order valence-corrected chi connectivity index (χ0v) is 12.2. The lowest BCUT2D eigenvalue weighted by Crippen LogP contribution is -2.40. The van der Waals surface area contributed by atoms with Gasteiger partial charge in [0.1, 0.15) is 0 Å². The maximum absolute atomic E-state index is 12.3. The quantitative estimate of drug-likeness (QED) is 0.873. The fraction of sp³-hybridized carbons (Fsp3) is 0.714. The van der Waals surface area contributed by atoms with E-state index in [9.17, 15) is 4.79 Å². The zero-order chi connectivity index (χ0) is 13.2. The highest BCUT2D eigenvalue weighted by Gasteiger charge is 2.26. The molecule has 0 radical (unpaired) electrons. The van der Waals surface area contributed by atoms with Crippen LogP contribution < -0.4 is 10.6 Å². The van der Waals surface area contributed by atoms with E-state index in [0.29, 0.717) is 6.04 Å². The Morgan fingerprint density at radius 2 is 2.26 bits per heavy atom. The van der Waals surface area contributed by atoms with Crippen LogP contribution in [0.1, 0.15) is 43.2 Å². The number of aryl methyl sites for hydroxylation is 2. The molecule has 2 aliphatic rings. The molecule has 5 heteroatoms. The van der Waals surface area contributed by atoms with Gasteiger partial charge in [-0.3, -0.25) is 4.79 Å². The molecule has 1 aromatic heterocycles. The van der Waals surface area contributed by atoms with E-state index in [0.717, 1.165) is 37.4 Å². The Kier molecular flexibility index (Phi) is 3.84. The van der Waals surface area contributed by atoms with Gasteiger partial charge in [-0.25, -0.2) is 4.98 Å². The summed E-state index contributed by atoms with van der Waals surface area (Å²) in [6.45, 7) is 3.08. The van der Waals surface area contributed by atoms with Crippen LogP contribution in [-0.2, 0) is 17.6 Å². The molecule has 2 atom stereocenters. The van der Waals surface area contributed by atoms with Gasteiger partial charge >= 0.3 is 0 Å². The number of carbonyl (C=O) groups is 1. The van der Waals surface area contributed by atoms with E-state index in [1.807, 2.05) is 0 Å². The molecule has 19 heavy (non-hydrogen) atoms. The van der Waals surface area contributed by atoms with Gasteiger partial charge < -0.3 is 10.6 Å². The molecular weight excluding hydrogens is 258 g/mol. The molecule has 2 heterocycles. The van der Waals surface area contributed by atoms with Crippen molar-refractivity contribution >= 4 is 22.4 Å². The number of piperidine rings is 1. The molecular formula is C14H21N3OS. The van der Waals surface area contributed by atoms with Gasteiger partial charge in [0.05, 0.1) is 5.69 Å². The van der Waals surface area contributed by atoms with Crippen molar-refractivity contribution in [3.63, 3.8) is 0 Å². The van der Waals surface area contributed by atoms with E-state index < -0.39 is 0 Å². The fourth-order valence-electron chi connectivity index (χ4n) is 2.98. The topological polar surface area (TPSA) is 54.0 Å². The van der Waals surface area contributed by atoms with Crippen molar-refractivity contribution in [3.05, 3.63) is 10.6 Å². The number of hydrogen-bond acceptors (Lipinski definition) is 4. The van der Waals surface area contributed by atoms with Crippen molar-refractivity contribution in [1.82, 2.24) is 10.3 Å². The molecule has 0 aromatic carbocycles. The fourth-order valence-corrected chi connectivity index (χ4v) is 4.04. The Morgan fingerprint density at radius 1 is 1.42 bits per heavy atom. The number of fused-ring (bicyclic) bond motifs is 1. The van der Waals surface area contributed by atoms with Gasteiger partial charge in [-0.05, 0) is 52.0 Å². The Morgan fingerprint density at radius 3 is 3.05 bits per heavy atom. The third-order valence-electron chi connectivity index (χ3n) is 4.07. The first-order valence-electron chi connectivity index (χ1n) is 7.25. The van der Waals surface area contributed by atoms with Crippen LogP contribution in [0, 0.1) is 5.92 Å². The molecule has 104 valence electrons. The Labute approximate surface area is 118 Å². The van der Waals surface area contributed by atoms with E-state index in [4.69, 9.17) is 0 Å². The second-order valence-electron chi connectivity index (χ2n) is 5.66. The number of hydrogen-bond donors (Lipinski definition) is 2. The van der Waals surface area contributed by atoms with Gasteiger partial charge in [0, 0.05) is 16.8 Å². The number of thiazole rings is 1. The van der Waals surface area contributed by atoms with E-state index in [1.54, 1.807) is 11.3 Å². The minimum atomic E-state index is 0.136. The highest BCUT2D eigenvalue weighted by Crippen LogP contribution is 2.30. The maximum atomic E-state index is 12.3. The van der Waals surface area contributed by atoms with Gasteiger partial charge in [-0.15, -0.1) is 11.3 Å². The van der Waals surface area contributed by atoms with Gasteiger partial charge in [0.25, 0.3) is 0 Å². The summed E-state index contributed by atoms with van der Waals surface area (Å²) in [6, 6.07) is 0.439. The molecule has 2 unspecified atom stereocenters. The van der Waals surface area contributed by atoms with E-state index in [2.05, 4.69) is 22.5 Å². The van der Waals surface area contributed by atoms with Crippen molar-refractivity contribution in [2.75, 3.05) is 11.9 Å². The van der Waals surface area contributed by atoms with Crippen molar-refractivity contribution < 1.29 is 4.79 Å². The Balaban J connectivity index is 1.64. The summed E-state index contributed by atoms with van der Waals surface area (Å²) >= 11 is 1.67. The average Bonchev–Trinajstić information content (AvgIpc) is 2.80. The summed E-state index contributed by atoms with van der Waals surface area (Å²) in [5.74, 6) is 0.289.